The zero-order valence-electron chi connectivity index (χ0n) is 10.1. The minimum atomic E-state index is 0.236. The maximum Gasteiger partial charge on any atom is 0.0499 e. The number of nitrogens with zero attached hydrogens (tertiary/aromatic N) is 1. The monoisotopic (exact) mass is 199 g/mol. The van der Waals surface area contributed by atoms with Gasteiger partial charge in [-0.05, 0) is 25.3 Å². The molecule has 0 aromatic rings. The van der Waals surface area contributed by atoms with Crippen molar-refractivity contribution < 1.29 is 5.11 Å². The lowest BCUT2D eigenvalue weighted by Gasteiger charge is -2.44. The summed E-state index contributed by atoms with van der Waals surface area (Å²) in [5.74, 6) is 0. The number of aliphatic hydroxyl groups excluding tert-OH is 1. The Labute approximate surface area is 88.3 Å². The Kier molecular flexibility index (Phi) is 3.59. The van der Waals surface area contributed by atoms with Gasteiger partial charge in [0.2, 0.25) is 0 Å². The summed E-state index contributed by atoms with van der Waals surface area (Å²) in [6.45, 7) is 9.30. The van der Waals surface area contributed by atoms with E-state index in [4.69, 9.17) is 0 Å². The Morgan fingerprint density at radius 1 is 1.29 bits per heavy atom. The summed E-state index contributed by atoms with van der Waals surface area (Å²) >= 11 is 0. The fourth-order valence-electron chi connectivity index (χ4n) is 2.48. The Bertz CT molecular complexity index is 174. The van der Waals surface area contributed by atoms with Crippen LogP contribution < -0.4 is 0 Å². The largest absolute Gasteiger partial charge is 0.396 e. The van der Waals surface area contributed by atoms with Crippen molar-refractivity contribution in [1.29, 1.82) is 0 Å². The van der Waals surface area contributed by atoms with Crippen LogP contribution >= 0.6 is 0 Å². The predicted molar refractivity (Wildman–Crippen MR) is 60.3 cm³/mol. The molecular weight excluding hydrogens is 174 g/mol. The first-order valence-electron chi connectivity index (χ1n) is 5.66. The van der Waals surface area contributed by atoms with Crippen LogP contribution in [-0.2, 0) is 0 Å². The van der Waals surface area contributed by atoms with Crippen LogP contribution in [0.1, 0.15) is 40.0 Å². The summed E-state index contributed by atoms with van der Waals surface area (Å²) in [5.41, 5.74) is 0.592. The Morgan fingerprint density at radius 3 is 2.14 bits per heavy atom. The third-order valence-corrected chi connectivity index (χ3v) is 3.10. The van der Waals surface area contributed by atoms with Crippen molar-refractivity contribution in [1.82, 2.24) is 4.90 Å². The van der Waals surface area contributed by atoms with Gasteiger partial charge in [0.05, 0.1) is 0 Å². The molecule has 84 valence electrons. The first kappa shape index (κ1) is 12.0. The fourth-order valence-corrected chi connectivity index (χ4v) is 2.48. The van der Waals surface area contributed by atoms with Crippen molar-refractivity contribution in [2.45, 2.75) is 40.0 Å². The van der Waals surface area contributed by atoms with Crippen LogP contribution in [0.4, 0.5) is 0 Å². The lowest BCUT2D eigenvalue weighted by Crippen LogP contribution is -2.45. The molecule has 0 spiro atoms. The maximum atomic E-state index is 9.36. The minimum Gasteiger partial charge on any atom is -0.396 e. The van der Waals surface area contributed by atoms with E-state index in [1.165, 1.54) is 19.3 Å². The second-order valence-corrected chi connectivity index (χ2v) is 6.24. The molecule has 1 fully saturated rings. The van der Waals surface area contributed by atoms with E-state index >= 15 is 0 Å². The number of hydrogen-bond donors (Lipinski definition) is 1. The SMILES string of the molecule is CN(CC(C)(C)C)CC1(CO)CCC1. The molecule has 0 aliphatic heterocycles. The van der Waals surface area contributed by atoms with Gasteiger partial charge < -0.3 is 10.0 Å². The Morgan fingerprint density at radius 2 is 1.86 bits per heavy atom. The highest BCUT2D eigenvalue weighted by Crippen LogP contribution is 2.41. The molecule has 0 saturated heterocycles. The van der Waals surface area contributed by atoms with Gasteiger partial charge in [-0.1, -0.05) is 27.2 Å². The van der Waals surface area contributed by atoms with E-state index in [0.29, 0.717) is 12.0 Å². The van der Waals surface area contributed by atoms with Crippen molar-refractivity contribution in [3.63, 3.8) is 0 Å². The second kappa shape index (κ2) is 4.19. The molecule has 0 bridgehead atoms. The number of rotatable bonds is 4. The zero-order chi connectivity index (χ0) is 10.8. The van der Waals surface area contributed by atoms with E-state index in [1.54, 1.807) is 0 Å². The van der Waals surface area contributed by atoms with Gasteiger partial charge in [0.15, 0.2) is 0 Å². The van der Waals surface area contributed by atoms with Gasteiger partial charge in [0.1, 0.15) is 0 Å². The summed E-state index contributed by atoms with van der Waals surface area (Å²) in [5, 5.41) is 9.36. The van der Waals surface area contributed by atoms with Crippen molar-refractivity contribution in [2.24, 2.45) is 10.8 Å². The molecule has 14 heavy (non-hydrogen) atoms. The van der Waals surface area contributed by atoms with Crippen molar-refractivity contribution >= 4 is 0 Å². The maximum absolute atomic E-state index is 9.36. The van der Waals surface area contributed by atoms with Gasteiger partial charge in [-0.25, -0.2) is 0 Å². The van der Waals surface area contributed by atoms with Crippen molar-refractivity contribution in [3.05, 3.63) is 0 Å². The summed E-state index contributed by atoms with van der Waals surface area (Å²) in [6.07, 6.45) is 3.71. The smallest absolute Gasteiger partial charge is 0.0499 e. The van der Waals surface area contributed by atoms with Crippen LogP contribution in [0.5, 0.6) is 0 Å². The topological polar surface area (TPSA) is 23.5 Å². The van der Waals surface area contributed by atoms with Crippen LogP contribution in [0, 0.1) is 10.8 Å². The van der Waals surface area contributed by atoms with Gasteiger partial charge in [-0.3, -0.25) is 0 Å². The molecule has 0 radical (unpaired) electrons. The van der Waals surface area contributed by atoms with Crippen LogP contribution in [0.15, 0.2) is 0 Å². The molecule has 1 aliphatic rings. The lowest BCUT2D eigenvalue weighted by molar-refractivity contribution is 0.00769. The third kappa shape index (κ3) is 3.25. The highest BCUT2D eigenvalue weighted by Gasteiger charge is 2.37. The van der Waals surface area contributed by atoms with Crippen LogP contribution in [0.2, 0.25) is 0 Å². The molecule has 2 nitrogen and oxygen atoms in total. The minimum absolute atomic E-state index is 0.236. The quantitative estimate of drug-likeness (QED) is 0.749. The first-order chi connectivity index (χ1) is 6.37. The van der Waals surface area contributed by atoms with E-state index < -0.39 is 0 Å². The summed E-state index contributed by atoms with van der Waals surface area (Å²) in [4.78, 5) is 2.37. The fraction of sp³-hybridized carbons (Fsp3) is 1.00. The average molecular weight is 199 g/mol. The average Bonchev–Trinajstić information content (AvgIpc) is 1.93. The molecule has 0 aromatic heterocycles. The van der Waals surface area contributed by atoms with E-state index in [2.05, 4.69) is 32.7 Å². The predicted octanol–water partition coefficient (Wildman–Crippen LogP) is 2.13. The molecular formula is C12H25NO. The molecule has 2 heteroatoms. The molecule has 0 unspecified atom stereocenters. The van der Waals surface area contributed by atoms with E-state index in [0.717, 1.165) is 13.1 Å². The highest BCUT2D eigenvalue weighted by molar-refractivity contribution is 4.89. The van der Waals surface area contributed by atoms with Gasteiger partial charge in [0.25, 0.3) is 0 Å². The van der Waals surface area contributed by atoms with Crippen LogP contribution in [0.25, 0.3) is 0 Å². The van der Waals surface area contributed by atoms with E-state index in [-0.39, 0.29) is 5.41 Å². The second-order valence-electron chi connectivity index (χ2n) is 6.24. The van der Waals surface area contributed by atoms with E-state index in [1.807, 2.05) is 0 Å². The standard InChI is InChI=1S/C12H25NO/c1-11(2,3)8-13(4)9-12(10-14)6-5-7-12/h14H,5-10H2,1-4H3. The van der Waals surface area contributed by atoms with E-state index in [9.17, 15) is 5.11 Å². The molecule has 1 N–H and O–H groups in total. The molecule has 1 saturated carbocycles. The summed E-state index contributed by atoms with van der Waals surface area (Å²) in [6, 6.07) is 0. The van der Waals surface area contributed by atoms with Gasteiger partial charge in [0, 0.05) is 25.1 Å². The van der Waals surface area contributed by atoms with Gasteiger partial charge in [-0.2, -0.15) is 0 Å². The molecule has 0 amide bonds. The van der Waals surface area contributed by atoms with Crippen molar-refractivity contribution in [2.75, 3.05) is 26.7 Å². The van der Waals surface area contributed by atoms with Crippen molar-refractivity contribution in [3.8, 4) is 0 Å². The zero-order valence-corrected chi connectivity index (χ0v) is 10.1. The first-order valence-corrected chi connectivity index (χ1v) is 5.66. The van der Waals surface area contributed by atoms with Crippen LogP contribution in [0.3, 0.4) is 0 Å². The lowest BCUT2D eigenvalue weighted by atomic mass is 9.69. The van der Waals surface area contributed by atoms with Gasteiger partial charge >= 0.3 is 0 Å². The Balaban J connectivity index is 2.36. The Hall–Kier alpha value is -0.0800. The van der Waals surface area contributed by atoms with Gasteiger partial charge in [-0.15, -0.1) is 0 Å². The molecule has 1 aliphatic carbocycles. The van der Waals surface area contributed by atoms with Crippen LogP contribution in [-0.4, -0.2) is 36.8 Å². The molecule has 0 heterocycles. The number of hydrogen-bond acceptors (Lipinski definition) is 2. The highest BCUT2D eigenvalue weighted by atomic mass is 16.3. The summed E-state index contributed by atoms with van der Waals surface area (Å²) < 4.78 is 0. The molecule has 0 aromatic carbocycles. The number of aliphatic hydroxyl groups is 1. The molecule has 0 atom stereocenters. The normalized spacial score (nSPS) is 21.0. The molecule has 1 rings (SSSR count). The third-order valence-electron chi connectivity index (χ3n) is 3.10. The summed E-state index contributed by atoms with van der Waals surface area (Å²) in [7, 11) is 2.17.